The maximum atomic E-state index is 13.8. The third-order valence-corrected chi connectivity index (χ3v) is 7.72. The first-order valence-corrected chi connectivity index (χ1v) is 13.0. The molecule has 0 aliphatic rings. The first kappa shape index (κ1) is 25.4. The van der Waals surface area contributed by atoms with Gasteiger partial charge in [-0.05, 0) is 79.9 Å². The van der Waals surface area contributed by atoms with E-state index in [4.69, 9.17) is 11.6 Å². The first-order chi connectivity index (χ1) is 17.1. The van der Waals surface area contributed by atoms with Gasteiger partial charge in [-0.15, -0.1) is 0 Å². The molecule has 36 heavy (non-hydrogen) atoms. The number of benzene rings is 2. The molecule has 0 aliphatic carbocycles. The molecule has 2 aromatic heterocycles. The Hall–Kier alpha value is -3.69. The lowest BCUT2D eigenvalue weighted by Gasteiger charge is -2.15. The summed E-state index contributed by atoms with van der Waals surface area (Å²) in [4.78, 5) is 32.6. The topological polar surface area (TPSA) is 121 Å². The molecule has 2 heterocycles. The Bertz CT molecular complexity index is 1550. The molecule has 0 saturated heterocycles. The molecule has 2 amide bonds. The Morgan fingerprint density at radius 3 is 2.36 bits per heavy atom. The van der Waals surface area contributed by atoms with Gasteiger partial charge in [0.2, 0.25) is 15.7 Å². The van der Waals surface area contributed by atoms with E-state index in [0.717, 1.165) is 16.7 Å². The van der Waals surface area contributed by atoms with Crippen molar-refractivity contribution < 1.29 is 18.0 Å². The molecule has 3 N–H and O–H groups in total. The molecule has 186 valence electrons. The van der Waals surface area contributed by atoms with Crippen LogP contribution in [0.3, 0.4) is 0 Å². The number of aryl methyl sites for hydroxylation is 2. The van der Waals surface area contributed by atoms with Crippen LogP contribution in [0.15, 0.2) is 70.7 Å². The molecule has 0 fully saturated rings. The zero-order chi connectivity index (χ0) is 26.0. The van der Waals surface area contributed by atoms with Crippen molar-refractivity contribution in [3.05, 3.63) is 88.3 Å². The number of aromatic nitrogens is 2. The second-order valence-electron chi connectivity index (χ2n) is 8.61. The van der Waals surface area contributed by atoms with Crippen molar-refractivity contribution in [3.63, 3.8) is 0 Å². The Kier molecular flexibility index (Phi) is 7.14. The molecular formula is C26H25ClN4O4S. The SMILES string of the molecule is Cc1cc(C)cc(S(=O)(=O)c2c(C(=O)N[C@H](C)C(=O)NCc3ccncc3)[nH]c3ccc(Cl)cc23)c1. The molecule has 1 atom stereocenters. The molecule has 4 rings (SSSR count). The van der Waals surface area contributed by atoms with Gasteiger partial charge in [0.05, 0.1) is 4.90 Å². The highest BCUT2D eigenvalue weighted by molar-refractivity contribution is 7.91. The van der Waals surface area contributed by atoms with E-state index in [1.165, 1.54) is 13.0 Å². The lowest BCUT2D eigenvalue weighted by Crippen LogP contribution is -2.44. The number of sulfone groups is 1. The van der Waals surface area contributed by atoms with Crippen LogP contribution in [-0.4, -0.2) is 36.2 Å². The van der Waals surface area contributed by atoms with Crippen LogP contribution in [0.5, 0.6) is 0 Å². The number of amides is 2. The third kappa shape index (κ3) is 5.27. The Labute approximate surface area is 214 Å². The van der Waals surface area contributed by atoms with Crippen LogP contribution in [0.25, 0.3) is 10.9 Å². The second-order valence-corrected chi connectivity index (χ2v) is 10.9. The van der Waals surface area contributed by atoms with Crippen LogP contribution in [0.4, 0.5) is 0 Å². The summed E-state index contributed by atoms with van der Waals surface area (Å²) in [6, 6.07) is 12.3. The molecule has 0 bridgehead atoms. The number of hydrogen-bond donors (Lipinski definition) is 3. The molecule has 0 saturated carbocycles. The van der Waals surface area contributed by atoms with Gasteiger partial charge in [-0.1, -0.05) is 17.7 Å². The number of carbonyl (C=O) groups is 2. The summed E-state index contributed by atoms with van der Waals surface area (Å²) < 4.78 is 27.6. The number of aromatic amines is 1. The van der Waals surface area contributed by atoms with Crippen LogP contribution in [-0.2, 0) is 21.2 Å². The van der Waals surface area contributed by atoms with Crippen LogP contribution in [0, 0.1) is 13.8 Å². The van der Waals surface area contributed by atoms with Crippen LogP contribution in [0.2, 0.25) is 5.02 Å². The number of fused-ring (bicyclic) bond motifs is 1. The van der Waals surface area contributed by atoms with Gasteiger partial charge in [0.15, 0.2) is 0 Å². The predicted octanol–water partition coefficient (Wildman–Crippen LogP) is 4.10. The predicted molar refractivity (Wildman–Crippen MR) is 138 cm³/mol. The van der Waals surface area contributed by atoms with Crippen molar-refractivity contribution in [1.29, 1.82) is 0 Å². The molecule has 0 unspecified atom stereocenters. The fourth-order valence-electron chi connectivity index (χ4n) is 3.96. The minimum atomic E-state index is -4.12. The van der Waals surface area contributed by atoms with E-state index in [2.05, 4.69) is 20.6 Å². The van der Waals surface area contributed by atoms with E-state index in [1.54, 1.807) is 62.6 Å². The Balaban J connectivity index is 1.68. The third-order valence-electron chi connectivity index (χ3n) is 5.67. The van der Waals surface area contributed by atoms with Crippen LogP contribution < -0.4 is 10.6 Å². The minimum absolute atomic E-state index is 0.0677. The highest BCUT2D eigenvalue weighted by atomic mass is 35.5. The van der Waals surface area contributed by atoms with Gasteiger partial charge in [-0.3, -0.25) is 14.6 Å². The van der Waals surface area contributed by atoms with Gasteiger partial charge in [0.1, 0.15) is 16.6 Å². The second kappa shape index (κ2) is 10.1. The zero-order valence-corrected chi connectivity index (χ0v) is 21.5. The van der Waals surface area contributed by atoms with Crippen molar-refractivity contribution in [3.8, 4) is 0 Å². The van der Waals surface area contributed by atoms with Gasteiger partial charge < -0.3 is 15.6 Å². The summed E-state index contributed by atoms with van der Waals surface area (Å²) >= 11 is 6.17. The van der Waals surface area contributed by atoms with Gasteiger partial charge in [-0.2, -0.15) is 0 Å². The van der Waals surface area contributed by atoms with Crippen molar-refractivity contribution in [2.75, 3.05) is 0 Å². The Morgan fingerprint density at radius 2 is 1.69 bits per heavy atom. The molecule has 0 spiro atoms. The number of rotatable bonds is 7. The van der Waals surface area contributed by atoms with Gasteiger partial charge in [-0.25, -0.2) is 8.42 Å². The molecule has 0 aliphatic heterocycles. The van der Waals surface area contributed by atoms with E-state index in [-0.39, 0.29) is 22.0 Å². The molecule has 10 heteroatoms. The minimum Gasteiger partial charge on any atom is -0.350 e. The summed E-state index contributed by atoms with van der Waals surface area (Å²) in [7, 11) is -4.12. The quantitative estimate of drug-likeness (QED) is 0.336. The summed E-state index contributed by atoms with van der Waals surface area (Å²) in [5, 5.41) is 5.97. The maximum Gasteiger partial charge on any atom is 0.269 e. The number of halogens is 1. The van der Waals surface area contributed by atoms with E-state index in [1.807, 2.05) is 6.07 Å². The smallest absolute Gasteiger partial charge is 0.269 e. The number of nitrogens with one attached hydrogen (secondary N) is 3. The van der Waals surface area contributed by atoms with E-state index in [9.17, 15) is 18.0 Å². The summed E-state index contributed by atoms with van der Waals surface area (Å²) in [5.74, 6) is -1.14. The highest BCUT2D eigenvalue weighted by Crippen LogP contribution is 2.34. The number of H-pyrrole nitrogens is 1. The van der Waals surface area contributed by atoms with Crippen LogP contribution >= 0.6 is 11.6 Å². The molecule has 8 nitrogen and oxygen atoms in total. The fourth-order valence-corrected chi connectivity index (χ4v) is 5.92. The largest absolute Gasteiger partial charge is 0.350 e. The average Bonchev–Trinajstić information content (AvgIpc) is 3.22. The highest BCUT2D eigenvalue weighted by Gasteiger charge is 2.31. The lowest BCUT2D eigenvalue weighted by atomic mass is 10.2. The Morgan fingerprint density at radius 1 is 1.03 bits per heavy atom. The van der Waals surface area contributed by atoms with E-state index in [0.29, 0.717) is 15.9 Å². The lowest BCUT2D eigenvalue weighted by molar-refractivity contribution is -0.122. The standard InChI is InChI=1S/C26H25ClN4O4S/c1-15-10-16(2)12-20(11-15)36(34,35)24-21-13-19(27)4-5-22(21)31-23(24)26(33)30-17(3)25(32)29-14-18-6-8-28-9-7-18/h4-13,17,31H,14H2,1-3H3,(H,29,32)(H,30,33)/t17-/m1/s1. The first-order valence-electron chi connectivity index (χ1n) is 11.2. The summed E-state index contributed by atoms with van der Waals surface area (Å²) in [6.07, 6.45) is 3.24. The maximum absolute atomic E-state index is 13.8. The van der Waals surface area contributed by atoms with E-state index >= 15 is 0 Å². The van der Waals surface area contributed by atoms with Crippen molar-refractivity contribution in [2.24, 2.45) is 0 Å². The molecule has 0 radical (unpaired) electrons. The average molecular weight is 525 g/mol. The number of carbonyl (C=O) groups excluding carboxylic acids is 2. The van der Waals surface area contributed by atoms with Gasteiger partial charge in [0, 0.05) is 34.9 Å². The normalized spacial score (nSPS) is 12.3. The van der Waals surface area contributed by atoms with Crippen LogP contribution in [0.1, 0.15) is 34.1 Å². The zero-order valence-electron chi connectivity index (χ0n) is 19.9. The molecule has 2 aromatic carbocycles. The number of pyridine rings is 1. The number of nitrogens with zero attached hydrogens (tertiary/aromatic N) is 1. The van der Waals surface area contributed by atoms with Crippen molar-refractivity contribution in [2.45, 2.75) is 43.1 Å². The summed E-state index contributed by atoms with van der Waals surface area (Å²) in [5.41, 5.74) is 2.67. The van der Waals surface area contributed by atoms with E-state index < -0.39 is 27.7 Å². The molecule has 4 aromatic rings. The van der Waals surface area contributed by atoms with Crippen molar-refractivity contribution >= 4 is 44.2 Å². The summed E-state index contributed by atoms with van der Waals surface area (Å²) in [6.45, 7) is 5.39. The van der Waals surface area contributed by atoms with Gasteiger partial charge in [0.25, 0.3) is 5.91 Å². The monoisotopic (exact) mass is 524 g/mol. The fraction of sp³-hybridized carbons (Fsp3) is 0.192. The van der Waals surface area contributed by atoms with Gasteiger partial charge >= 0.3 is 0 Å². The molecular weight excluding hydrogens is 500 g/mol. The number of hydrogen-bond acceptors (Lipinski definition) is 5. The van der Waals surface area contributed by atoms with Crippen molar-refractivity contribution in [1.82, 2.24) is 20.6 Å².